The molecule has 1 amide bonds. The van der Waals surface area contributed by atoms with Crippen LogP contribution in [0.4, 0.5) is 0 Å². The van der Waals surface area contributed by atoms with Gasteiger partial charge in [-0.1, -0.05) is 36.4 Å². The Labute approximate surface area is 164 Å². The zero-order valence-electron chi connectivity index (χ0n) is 15.8. The maximum Gasteiger partial charge on any atom is 0.227 e. The van der Waals surface area contributed by atoms with Crippen LogP contribution < -0.4 is 0 Å². The van der Waals surface area contributed by atoms with Crippen LogP contribution >= 0.6 is 0 Å². The summed E-state index contributed by atoms with van der Waals surface area (Å²) in [5.74, 6) is 0.219. The average Bonchev–Trinajstić information content (AvgIpc) is 3.33. The minimum atomic E-state index is 0.219. The van der Waals surface area contributed by atoms with Crippen molar-refractivity contribution >= 4 is 27.7 Å². The third-order valence-electron chi connectivity index (χ3n) is 5.81. The zero-order valence-corrected chi connectivity index (χ0v) is 15.8. The number of benzene rings is 2. The van der Waals surface area contributed by atoms with Gasteiger partial charge in [-0.05, 0) is 23.3 Å². The first kappa shape index (κ1) is 17.1. The number of piperazine rings is 1. The predicted octanol–water partition coefficient (Wildman–Crippen LogP) is 3.54. The third kappa shape index (κ3) is 3.18. The largest absolute Gasteiger partial charge is 0.361 e. The summed E-state index contributed by atoms with van der Waals surface area (Å²) in [5.41, 5.74) is 4.69. The van der Waals surface area contributed by atoms with E-state index in [1.54, 1.807) is 0 Å². The van der Waals surface area contributed by atoms with E-state index >= 15 is 0 Å². The number of aromatic nitrogens is 2. The van der Waals surface area contributed by atoms with Gasteiger partial charge in [0.2, 0.25) is 5.91 Å². The highest BCUT2D eigenvalue weighted by Crippen LogP contribution is 2.21. The number of hydrogen-bond acceptors (Lipinski definition) is 2. The standard InChI is InChI=1S/C23H24N4O/c28-23(13-17-14-24-21-7-3-1-5-19(17)21)27-11-9-26(10-12-27)16-18-15-25-22-8-4-2-6-20(18)22/h1-8,14-15,24-25H,9-13,16H2. The Balaban J connectivity index is 1.20. The van der Waals surface area contributed by atoms with Crippen LogP contribution in [0.3, 0.4) is 0 Å². The van der Waals surface area contributed by atoms with E-state index in [-0.39, 0.29) is 5.91 Å². The Morgan fingerprint density at radius 2 is 1.36 bits per heavy atom. The second-order valence-electron chi connectivity index (χ2n) is 7.55. The van der Waals surface area contributed by atoms with Crippen LogP contribution in [-0.2, 0) is 17.8 Å². The lowest BCUT2D eigenvalue weighted by atomic mass is 10.1. The minimum Gasteiger partial charge on any atom is -0.361 e. The van der Waals surface area contributed by atoms with E-state index in [1.807, 2.05) is 29.3 Å². The molecular formula is C23H24N4O. The van der Waals surface area contributed by atoms with E-state index in [9.17, 15) is 4.79 Å². The molecule has 142 valence electrons. The Morgan fingerprint density at radius 1 is 0.786 bits per heavy atom. The zero-order chi connectivity index (χ0) is 18.9. The summed E-state index contributed by atoms with van der Waals surface area (Å²) in [4.78, 5) is 23.8. The van der Waals surface area contributed by atoms with Gasteiger partial charge in [0.15, 0.2) is 0 Å². The van der Waals surface area contributed by atoms with Crippen molar-refractivity contribution in [2.45, 2.75) is 13.0 Å². The molecule has 5 heteroatoms. The molecule has 0 aliphatic carbocycles. The van der Waals surface area contributed by atoms with Crippen LogP contribution in [0, 0.1) is 0 Å². The molecule has 1 aliphatic rings. The van der Waals surface area contributed by atoms with Crippen LogP contribution in [0.5, 0.6) is 0 Å². The molecule has 1 aliphatic heterocycles. The summed E-state index contributed by atoms with van der Waals surface area (Å²) in [6.45, 7) is 4.35. The van der Waals surface area contributed by atoms with Crippen LogP contribution in [0.2, 0.25) is 0 Å². The van der Waals surface area contributed by atoms with Gasteiger partial charge in [0.05, 0.1) is 6.42 Å². The van der Waals surface area contributed by atoms with E-state index in [0.717, 1.165) is 49.2 Å². The van der Waals surface area contributed by atoms with Crippen LogP contribution in [0.1, 0.15) is 11.1 Å². The lowest BCUT2D eigenvalue weighted by molar-refractivity contribution is -0.132. The highest BCUT2D eigenvalue weighted by atomic mass is 16.2. The fraction of sp³-hybridized carbons (Fsp3) is 0.261. The van der Waals surface area contributed by atoms with Crippen molar-refractivity contribution in [2.24, 2.45) is 0 Å². The van der Waals surface area contributed by atoms with Gasteiger partial charge in [0.1, 0.15) is 0 Å². The second kappa shape index (κ2) is 7.17. The van der Waals surface area contributed by atoms with Crippen LogP contribution in [0.15, 0.2) is 60.9 Å². The SMILES string of the molecule is O=C(Cc1c[nH]c2ccccc12)N1CCN(Cc2c[nH]c3ccccc23)CC1. The summed E-state index contributed by atoms with van der Waals surface area (Å²) >= 11 is 0. The highest BCUT2D eigenvalue weighted by molar-refractivity contribution is 5.89. The van der Waals surface area contributed by atoms with Crippen LogP contribution in [-0.4, -0.2) is 51.9 Å². The Morgan fingerprint density at radius 3 is 2.04 bits per heavy atom. The summed E-state index contributed by atoms with van der Waals surface area (Å²) in [7, 11) is 0. The maximum absolute atomic E-state index is 12.8. The van der Waals surface area contributed by atoms with Gasteiger partial charge in [-0.3, -0.25) is 9.69 Å². The van der Waals surface area contributed by atoms with Crippen molar-refractivity contribution in [3.8, 4) is 0 Å². The number of fused-ring (bicyclic) bond motifs is 2. The predicted molar refractivity (Wildman–Crippen MR) is 112 cm³/mol. The van der Waals surface area contributed by atoms with Gasteiger partial charge in [0, 0.05) is 66.9 Å². The van der Waals surface area contributed by atoms with Crippen molar-refractivity contribution in [3.63, 3.8) is 0 Å². The Bertz CT molecular complexity index is 1120. The number of nitrogens with zero attached hydrogens (tertiary/aromatic N) is 2. The van der Waals surface area contributed by atoms with E-state index in [2.05, 4.69) is 51.4 Å². The molecule has 4 aromatic rings. The van der Waals surface area contributed by atoms with Gasteiger partial charge >= 0.3 is 0 Å². The number of carbonyl (C=O) groups excluding carboxylic acids is 1. The first-order valence-electron chi connectivity index (χ1n) is 9.88. The summed E-state index contributed by atoms with van der Waals surface area (Å²) in [6, 6.07) is 16.6. The molecule has 0 atom stereocenters. The van der Waals surface area contributed by atoms with Crippen molar-refractivity contribution in [1.29, 1.82) is 0 Å². The van der Waals surface area contributed by atoms with Crippen LogP contribution in [0.25, 0.3) is 21.8 Å². The number of rotatable bonds is 4. The number of carbonyl (C=O) groups is 1. The number of hydrogen-bond donors (Lipinski definition) is 2. The number of amides is 1. The van der Waals surface area contributed by atoms with Gasteiger partial charge in [-0.2, -0.15) is 0 Å². The fourth-order valence-corrected chi connectivity index (χ4v) is 4.21. The molecule has 3 heterocycles. The molecule has 28 heavy (non-hydrogen) atoms. The fourth-order valence-electron chi connectivity index (χ4n) is 4.21. The Hall–Kier alpha value is -3.05. The molecule has 5 rings (SSSR count). The molecule has 5 nitrogen and oxygen atoms in total. The lowest BCUT2D eigenvalue weighted by Gasteiger charge is -2.34. The van der Waals surface area contributed by atoms with Gasteiger partial charge in [-0.15, -0.1) is 0 Å². The quantitative estimate of drug-likeness (QED) is 0.576. The Kier molecular flexibility index (Phi) is 4.37. The molecule has 0 bridgehead atoms. The molecule has 0 unspecified atom stereocenters. The maximum atomic E-state index is 12.8. The molecule has 2 aromatic heterocycles. The van der Waals surface area contributed by atoms with Crippen molar-refractivity contribution in [3.05, 3.63) is 72.1 Å². The van der Waals surface area contributed by atoms with E-state index in [0.29, 0.717) is 6.42 Å². The molecular weight excluding hydrogens is 348 g/mol. The topological polar surface area (TPSA) is 55.1 Å². The van der Waals surface area contributed by atoms with E-state index in [4.69, 9.17) is 0 Å². The number of nitrogens with one attached hydrogen (secondary N) is 2. The molecule has 2 N–H and O–H groups in total. The second-order valence-corrected chi connectivity index (χ2v) is 7.55. The lowest BCUT2D eigenvalue weighted by Crippen LogP contribution is -2.48. The minimum absolute atomic E-state index is 0.219. The smallest absolute Gasteiger partial charge is 0.227 e. The number of aromatic amines is 2. The highest BCUT2D eigenvalue weighted by Gasteiger charge is 2.22. The molecule has 1 fully saturated rings. The van der Waals surface area contributed by atoms with Crippen molar-refractivity contribution < 1.29 is 4.79 Å². The van der Waals surface area contributed by atoms with Gasteiger partial charge in [0.25, 0.3) is 0 Å². The third-order valence-corrected chi connectivity index (χ3v) is 5.81. The molecule has 0 spiro atoms. The molecule has 0 radical (unpaired) electrons. The summed E-state index contributed by atoms with van der Waals surface area (Å²) < 4.78 is 0. The van der Waals surface area contributed by atoms with Gasteiger partial charge in [-0.25, -0.2) is 0 Å². The number of H-pyrrole nitrogens is 2. The molecule has 0 saturated carbocycles. The first-order valence-corrected chi connectivity index (χ1v) is 9.88. The first-order chi connectivity index (χ1) is 13.8. The average molecular weight is 372 g/mol. The normalized spacial score (nSPS) is 15.5. The summed E-state index contributed by atoms with van der Waals surface area (Å²) in [6.07, 6.45) is 4.54. The van der Waals surface area contributed by atoms with Crippen molar-refractivity contribution in [1.82, 2.24) is 19.8 Å². The monoisotopic (exact) mass is 372 g/mol. The van der Waals surface area contributed by atoms with Crippen molar-refractivity contribution in [2.75, 3.05) is 26.2 Å². The van der Waals surface area contributed by atoms with Gasteiger partial charge < -0.3 is 14.9 Å². The molecule has 2 aromatic carbocycles. The van der Waals surface area contributed by atoms with E-state index < -0.39 is 0 Å². The van der Waals surface area contributed by atoms with E-state index in [1.165, 1.54) is 16.5 Å². The summed E-state index contributed by atoms with van der Waals surface area (Å²) in [5, 5.41) is 2.44. The molecule has 1 saturated heterocycles. The number of para-hydroxylation sites is 2.